The number of nitrogens with one attached hydrogen (secondary N) is 1. The summed E-state index contributed by atoms with van der Waals surface area (Å²) < 4.78 is 4.99. The standard InChI is InChI=1S/C14H15N3O5/c1-17-12(18)6-5-10(16-17)13(19)15-8-3-4-9(14(20)21)11(7-8)22-2/h3-4,7H,5-6H2,1-2H3,(H,15,19)(H,20,21). The molecular formula is C14H15N3O5. The van der Waals surface area contributed by atoms with Gasteiger partial charge in [0.05, 0.1) is 7.11 Å². The van der Waals surface area contributed by atoms with Crippen LogP contribution in [0.1, 0.15) is 23.2 Å². The second kappa shape index (κ2) is 6.25. The molecule has 0 saturated heterocycles. The van der Waals surface area contributed by atoms with E-state index in [1.165, 1.54) is 32.4 Å². The summed E-state index contributed by atoms with van der Waals surface area (Å²) in [4.78, 5) is 34.4. The van der Waals surface area contributed by atoms with Crippen LogP contribution in [0.3, 0.4) is 0 Å². The van der Waals surface area contributed by atoms with Crippen LogP contribution in [-0.4, -0.2) is 47.8 Å². The number of hydrazone groups is 1. The number of benzene rings is 1. The number of nitrogens with zero attached hydrogens (tertiary/aromatic N) is 2. The van der Waals surface area contributed by atoms with Gasteiger partial charge in [-0.15, -0.1) is 0 Å². The van der Waals surface area contributed by atoms with Crippen LogP contribution in [0.4, 0.5) is 5.69 Å². The predicted octanol–water partition coefficient (Wildman–Crippen LogP) is 0.940. The fourth-order valence-corrected chi connectivity index (χ4v) is 1.98. The molecule has 1 aliphatic rings. The molecule has 2 N–H and O–H groups in total. The molecule has 1 heterocycles. The van der Waals surface area contributed by atoms with Crippen LogP contribution in [0.2, 0.25) is 0 Å². The Morgan fingerprint density at radius 3 is 2.68 bits per heavy atom. The van der Waals surface area contributed by atoms with E-state index in [0.717, 1.165) is 5.01 Å². The van der Waals surface area contributed by atoms with Gasteiger partial charge in [0.2, 0.25) is 5.91 Å². The quantitative estimate of drug-likeness (QED) is 0.860. The molecule has 8 heteroatoms. The largest absolute Gasteiger partial charge is 0.496 e. The van der Waals surface area contributed by atoms with Crippen molar-refractivity contribution >= 4 is 29.2 Å². The molecular weight excluding hydrogens is 290 g/mol. The molecule has 0 atom stereocenters. The summed E-state index contributed by atoms with van der Waals surface area (Å²) in [5, 5.41) is 16.7. The van der Waals surface area contributed by atoms with Crippen LogP contribution >= 0.6 is 0 Å². The zero-order valence-corrected chi connectivity index (χ0v) is 12.1. The lowest BCUT2D eigenvalue weighted by Crippen LogP contribution is -2.34. The van der Waals surface area contributed by atoms with Gasteiger partial charge in [0.25, 0.3) is 5.91 Å². The Bertz CT molecular complexity index is 668. The smallest absolute Gasteiger partial charge is 0.339 e. The van der Waals surface area contributed by atoms with Crippen molar-refractivity contribution in [3.8, 4) is 5.75 Å². The van der Waals surface area contributed by atoms with Crippen LogP contribution in [0.25, 0.3) is 0 Å². The molecule has 22 heavy (non-hydrogen) atoms. The lowest BCUT2D eigenvalue weighted by atomic mass is 10.1. The lowest BCUT2D eigenvalue weighted by Gasteiger charge is -2.19. The number of carboxylic acid groups (broad SMARTS) is 1. The highest BCUT2D eigenvalue weighted by Crippen LogP contribution is 2.23. The number of rotatable bonds is 4. The third-order valence-electron chi connectivity index (χ3n) is 3.16. The number of aromatic carboxylic acids is 1. The lowest BCUT2D eigenvalue weighted by molar-refractivity contribution is -0.130. The molecule has 1 aromatic carbocycles. The average Bonchev–Trinajstić information content (AvgIpc) is 2.49. The van der Waals surface area contributed by atoms with E-state index in [-0.39, 0.29) is 35.8 Å². The Balaban J connectivity index is 2.17. The minimum atomic E-state index is -1.12. The first-order valence-corrected chi connectivity index (χ1v) is 6.49. The van der Waals surface area contributed by atoms with E-state index in [1.54, 1.807) is 0 Å². The van der Waals surface area contributed by atoms with Gasteiger partial charge in [0.1, 0.15) is 17.0 Å². The fourth-order valence-electron chi connectivity index (χ4n) is 1.98. The van der Waals surface area contributed by atoms with E-state index in [4.69, 9.17) is 9.84 Å². The normalized spacial score (nSPS) is 14.4. The first kappa shape index (κ1) is 15.5. The number of carbonyl (C=O) groups excluding carboxylic acids is 2. The number of amides is 2. The van der Waals surface area contributed by atoms with Gasteiger partial charge in [0, 0.05) is 31.6 Å². The number of ether oxygens (including phenoxy) is 1. The van der Waals surface area contributed by atoms with Crippen molar-refractivity contribution in [3.63, 3.8) is 0 Å². The summed E-state index contributed by atoms with van der Waals surface area (Å²) in [7, 11) is 2.83. The van der Waals surface area contributed by atoms with Gasteiger partial charge < -0.3 is 15.2 Å². The first-order valence-electron chi connectivity index (χ1n) is 6.49. The summed E-state index contributed by atoms with van der Waals surface area (Å²) in [6.07, 6.45) is 0.489. The highest BCUT2D eigenvalue weighted by Gasteiger charge is 2.22. The van der Waals surface area contributed by atoms with Crippen molar-refractivity contribution in [2.24, 2.45) is 5.10 Å². The van der Waals surface area contributed by atoms with Gasteiger partial charge in [-0.3, -0.25) is 9.59 Å². The van der Waals surface area contributed by atoms with Crippen molar-refractivity contribution in [2.75, 3.05) is 19.5 Å². The highest BCUT2D eigenvalue weighted by atomic mass is 16.5. The molecule has 0 aliphatic carbocycles. The summed E-state index contributed by atoms with van der Waals surface area (Å²) in [6, 6.07) is 4.22. The van der Waals surface area contributed by atoms with E-state index >= 15 is 0 Å². The van der Waals surface area contributed by atoms with Gasteiger partial charge >= 0.3 is 5.97 Å². The molecule has 0 aromatic heterocycles. The van der Waals surface area contributed by atoms with Crippen molar-refractivity contribution in [1.82, 2.24) is 5.01 Å². The third-order valence-corrected chi connectivity index (χ3v) is 3.16. The maximum absolute atomic E-state index is 12.1. The number of carbonyl (C=O) groups is 3. The zero-order chi connectivity index (χ0) is 16.3. The van der Waals surface area contributed by atoms with Crippen molar-refractivity contribution in [2.45, 2.75) is 12.8 Å². The second-order valence-electron chi connectivity index (χ2n) is 4.64. The van der Waals surface area contributed by atoms with Crippen LogP contribution in [0.5, 0.6) is 5.75 Å². The molecule has 1 aliphatic heterocycles. The maximum atomic E-state index is 12.1. The van der Waals surface area contributed by atoms with E-state index in [0.29, 0.717) is 5.69 Å². The summed E-state index contributed by atoms with van der Waals surface area (Å²) in [5.41, 5.74) is 0.623. The Hall–Kier alpha value is -2.90. The molecule has 8 nitrogen and oxygen atoms in total. The number of methoxy groups -OCH3 is 1. The Kier molecular flexibility index (Phi) is 4.40. The Morgan fingerprint density at radius 2 is 2.09 bits per heavy atom. The summed E-state index contributed by atoms with van der Waals surface area (Å²) in [5.74, 6) is -1.57. The van der Waals surface area contributed by atoms with E-state index in [1.807, 2.05) is 0 Å². The molecule has 1 aromatic rings. The summed E-state index contributed by atoms with van der Waals surface area (Å²) >= 11 is 0. The van der Waals surface area contributed by atoms with E-state index < -0.39 is 11.9 Å². The van der Waals surface area contributed by atoms with E-state index in [9.17, 15) is 14.4 Å². The van der Waals surface area contributed by atoms with Crippen LogP contribution in [0, 0.1) is 0 Å². The van der Waals surface area contributed by atoms with Gasteiger partial charge in [-0.05, 0) is 12.1 Å². The monoisotopic (exact) mass is 305 g/mol. The molecule has 2 amide bonds. The number of anilines is 1. The molecule has 0 fully saturated rings. The Labute approximate surface area is 126 Å². The van der Waals surface area contributed by atoms with Gasteiger partial charge in [-0.1, -0.05) is 0 Å². The predicted molar refractivity (Wildman–Crippen MR) is 78.0 cm³/mol. The van der Waals surface area contributed by atoms with Gasteiger partial charge in [-0.2, -0.15) is 5.10 Å². The average molecular weight is 305 g/mol. The number of hydrogen-bond acceptors (Lipinski definition) is 5. The topological polar surface area (TPSA) is 108 Å². The number of carboxylic acids is 1. The van der Waals surface area contributed by atoms with Crippen LogP contribution in [0.15, 0.2) is 23.3 Å². The number of hydrogen-bond donors (Lipinski definition) is 2. The third kappa shape index (κ3) is 3.22. The Morgan fingerprint density at radius 1 is 1.36 bits per heavy atom. The van der Waals surface area contributed by atoms with Crippen molar-refractivity contribution < 1.29 is 24.2 Å². The van der Waals surface area contributed by atoms with Crippen molar-refractivity contribution in [3.05, 3.63) is 23.8 Å². The van der Waals surface area contributed by atoms with E-state index in [2.05, 4.69) is 10.4 Å². The van der Waals surface area contributed by atoms with Crippen LogP contribution in [-0.2, 0) is 9.59 Å². The fraction of sp³-hybridized carbons (Fsp3) is 0.286. The maximum Gasteiger partial charge on any atom is 0.339 e. The second-order valence-corrected chi connectivity index (χ2v) is 4.64. The molecule has 0 bridgehead atoms. The minimum absolute atomic E-state index is 0.000774. The SMILES string of the molecule is COc1cc(NC(=O)C2=NN(C)C(=O)CC2)ccc1C(=O)O. The van der Waals surface area contributed by atoms with Gasteiger partial charge in [-0.25, -0.2) is 9.80 Å². The molecule has 0 spiro atoms. The molecule has 0 unspecified atom stereocenters. The van der Waals surface area contributed by atoms with Gasteiger partial charge in [0.15, 0.2) is 0 Å². The summed E-state index contributed by atoms with van der Waals surface area (Å²) in [6.45, 7) is 0. The molecule has 0 radical (unpaired) electrons. The minimum Gasteiger partial charge on any atom is -0.496 e. The molecule has 116 valence electrons. The molecule has 2 rings (SSSR count). The van der Waals surface area contributed by atoms with Crippen molar-refractivity contribution in [1.29, 1.82) is 0 Å². The molecule has 0 saturated carbocycles. The highest BCUT2D eigenvalue weighted by molar-refractivity contribution is 6.43. The zero-order valence-electron chi connectivity index (χ0n) is 12.1. The first-order chi connectivity index (χ1) is 10.4. The van der Waals surface area contributed by atoms with Crippen LogP contribution < -0.4 is 10.1 Å².